The van der Waals surface area contributed by atoms with E-state index in [1.54, 1.807) is 31.1 Å². The van der Waals surface area contributed by atoms with Crippen molar-refractivity contribution in [3.8, 4) is 0 Å². The van der Waals surface area contributed by atoms with Gasteiger partial charge in [-0.2, -0.15) is 0 Å². The summed E-state index contributed by atoms with van der Waals surface area (Å²) in [6.45, 7) is 4.02. The number of carbonyl (C=O) groups is 1. The highest BCUT2D eigenvalue weighted by Gasteiger charge is 2.44. The topological polar surface area (TPSA) is 56.7 Å². The van der Waals surface area contributed by atoms with E-state index in [0.717, 1.165) is 43.0 Å². The van der Waals surface area contributed by atoms with Gasteiger partial charge in [0.25, 0.3) is 5.91 Å². The first kappa shape index (κ1) is 24.1. The third-order valence-electron chi connectivity index (χ3n) is 5.26. The molecule has 162 valence electrons. The van der Waals surface area contributed by atoms with E-state index in [9.17, 15) is 9.18 Å². The van der Waals surface area contributed by atoms with Crippen LogP contribution in [0, 0.1) is 5.82 Å². The molecule has 0 unspecified atom stereocenters. The first-order chi connectivity index (χ1) is 13.9. The van der Waals surface area contributed by atoms with Crippen LogP contribution in [-0.2, 0) is 12.0 Å². The van der Waals surface area contributed by atoms with Crippen molar-refractivity contribution in [1.82, 2.24) is 15.5 Å². The molecule has 1 amide bonds. The summed E-state index contributed by atoms with van der Waals surface area (Å²) in [5.74, 6) is 0.538. The second kappa shape index (κ2) is 10.7. The normalized spacial score (nSPS) is 14.5. The zero-order valence-corrected chi connectivity index (χ0v) is 20.1. The summed E-state index contributed by atoms with van der Waals surface area (Å²) in [5.41, 5.74) is 2.73. The molecule has 7 heteroatoms. The number of benzene rings is 2. The fraction of sp³-hybridized carbons (Fsp3) is 0.391. The Bertz CT molecular complexity index is 879. The van der Waals surface area contributed by atoms with E-state index in [0.29, 0.717) is 12.1 Å². The number of hydrogen-bond donors (Lipinski definition) is 2. The summed E-state index contributed by atoms with van der Waals surface area (Å²) in [7, 11) is 3.48. The van der Waals surface area contributed by atoms with Crippen LogP contribution in [0.4, 0.5) is 4.39 Å². The van der Waals surface area contributed by atoms with Crippen LogP contribution in [0.1, 0.15) is 41.3 Å². The molecule has 0 saturated heterocycles. The second-order valence-corrected chi connectivity index (χ2v) is 7.74. The molecule has 2 aromatic carbocycles. The molecular weight excluding hydrogens is 494 g/mol. The van der Waals surface area contributed by atoms with E-state index in [1.807, 2.05) is 37.3 Å². The van der Waals surface area contributed by atoms with E-state index in [-0.39, 0.29) is 41.1 Å². The van der Waals surface area contributed by atoms with Crippen LogP contribution in [0.2, 0.25) is 0 Å². The Kier molecular flexibility index (Phi) is 8.64. The molecule has 1 fully saturated rings. The number of carbonyl (C=O) groups excluding carboxylic acids is 1. The molecule has 1 saturated carbocycles. The molecule has 30 heavy (non-hydrogen) atoms. The van der Waals surface area contributed by atoms with E-state index in [1.165, 1.54) is 6.07 Å². The average Bonchev–Trinajstić information content (AvgIpc) is 3.51. The third kappa shape index (κ3) is 6.17. The first-order valence-corrected chi connectivity index (χ1v) is 10.0. The van der Waals surface area contributed by atoms with Crippen LogP contribution in [-0.4, -0.2) is 44.0 Å². The summed E-state index contributed by atoms with van der Waals surface area (Å²) in [6.07, 6.45) is 2.09. The maximum Gasteiger partial charge on any atom is 0.253 e. The van der Waals surface area contributed by atoms with Crippen LogP contribution in [0.5, 0.6) is 0 Å². The first-order valence-electron chi connectivity index (χ1n) is 10.0. The summed E-state index contributed by atoms with van der Waals surface area (Å²) in [4.78, 5) is 18.2. The fourth-order valence-electron chi connectivity index (χ4n) is 3.31. The molecule has 0 aromatic heterocycles. The number of nitrogens with one attached hydrogen (secondary N) is 2. The Morgan fingerprint density at radius 2 is 1.83 bits per heavy atom. The van der Waals surface area contributed by atoms with Crippen LogP contribution in [0.3, 0.4) is 0 Å². The van der Waals surface area contributed by atoms with Gasteiger partial charge in [0.15, 0.2) is 5.96 Å². The largest absolute Gasteiger partial charge is 0.357 e. The van der Waals surface area contributed by atoms with Gasteiger partial charge < -0.3 is 15.5 Å². The van der Waals surface area contributed by atoms with Crippen molar-refractivity contribution in [2.75, 3.05) is 27.2 Å². The van der Waals surface area contributed by atoms with Crippen molar-refractivity contribution in [1.29, 1.82) is 0 Å². The summed E-state index contributed by atoms with van der Waals surface area (Å²) >= 11 is 0. The molecule has 1 aliphatic rings. The lowest BCUT2D eigenvalue weighted by molar-refractivity contribution is 0.0827. The van der Waals surface area contributed by atoms with Crippen molar-refractivity contribution in [3.05, 3.63) is 71.0 Å². The Balaban J connectivity index is 0.00000320. The lowest BCUT2D eigenvalue weighted by atomic mass is 9.96. The van der Waals surface area contributed by atoms with E-state index >= 15 is 0 Å². The van der Waals surface area contributed by atoms with Gasteiger partial charge >= 0.3 is 0 Å². The number of hydrogen-bond acceptors (Lipinski definition) is 2. The van der Waals surface area contributed by atoms with Crippen LogP contribution >= 0.6 is 24.0 Å². The Morgan fingerprint density at radius 3 is 2.40 bits per heavy atom. The summed E-state index contributed by atoms with van der Waals surface area (Å²) in [6, 6.07) is 14.4. The number of rotatable bonds is 7. The molecule has 0 spiro atoms. The number of nitrogens with zero attached hydrogens (tertiary/aromatic N) is 2. The SMILES string of the molecule is CCNC(=NCc1ccc(C(=O)N(C)C)cc1)NCC1(c2cccc(F)c2)CC1.I. The van der Waals surface area contributed by atoms with Gasteiger partial charge in [0.05, 0.1) is 6.54 Å². The number of amides is 1. The number of guanidine groups is 1. The van der Waals surface area contributed by atoms with Gasteiger partial charge in [-0.1, -0.05) is 24.3 Å². The van der Waals surface area contributed by atoms with Gasteiger partial charge in [-0.3, -0.25) is 4.79 Å². The van der Waals surface area contributed by atoms with Gasteiger partial charge in [-0.25, -0.2) is 9.38 Å². The number of aliphatic imine (C=N–C) groups is 1. The molecular formula is C23H30FIN4O. The molecule has 0 radical (unpaired) electrons. The van der Waals surface area contributed by atoms with Gasteiger partial charge in [0, 0.05) is 38.2 Å². The van der Waals surface area contributed by atoms with Crippen molar-refractivity contribution < 1.29 is 9.18 Å². The van der Waals surface area contributed by atoms with Crippen LogP contribution < -0.4 is 10.6 Å². The second-order valence-electron chi connectivity index (χ2n) is 7.74. The summed E-state index contributed by atoms with van der Waals surface area (Å²) in [5, 5.41) is 6.68. The Hall–Kier alpha value is -2.16. The minimum atomic E-state index is -0.189. The zero-order chi connectivity index (χ0) is 20.9. The zero-order valence-electron chi connectivity index (χ0n) is 17.7. The monoisotopic (exact) mass is 524 g/mol. The maximum atomic E-state index is 13.6. The molecule has 0 atom stereocenters. The highest BCUT2D eigenvalue weighted by molar-refractivity contribution is 14.0. The molecule has 0 bridgehead atoms. The molecule has 2 N–H and O–H groups in total. The van der Waals surface area contributed by atoms with Gasteiger partial charge in [-0.05, 0) is 55.2 Å². The lowest BCUT2D eigenvalue weighted by Crippen LogP contribution is -2.41. The van der Waals surface area contributed by atoms with E-state index < -0.39 is 0 Å². The van der Waals surface area contributed by atoms with Crippen molar-refractivity contribution in [3.63, 3.8) is 0 Å². The quantitative estimate of drug-likeness (QED) is 0.328. The fourth-order valence-corrected chi connectivity index (χ4v) is 3.31. The predicted octanol–water partition coefficient (Wildman–Crippen LogP) is 3.93. The van der Waals surface area contributed by atoms with Crippen LogP contribution in [0.25, 0.3) is 0 Å². The van der Waals surface area contributed by atoms with Gasteiger partial charge in [-0.15, -0.1) is 24.0 Å². The van der Waals surface area contributed by atoms with E-state index in [4.69, 9.17) is 0 Å². The van der Waals surface area contributed by atoms with Crippen LogP contribution in [0.15, 0.2) is 53.5 Å². The minimum absolute atomic E-state index is 0. The standard InChI is InChI=1S/C23H29FN4O.HI/c1-4-25-22(26-15-17-8-10-18(11-9-17)21(29)28(2)3)27-16-23(12-13-23)19-6-5-7-20(24)14-19;/h5-11,14H,4,12-13,15-16H2,1-3H3,(H2,25,26,27);1H. The Morgan fingerprint density at radius 1 is 1.13 bits per heavy atom. The van der Waals surface area contributed by atoms with E-state index in [2.05, 4.69) is 15.6 Å². The lowest BCUT2D eigenvalue weighted by Gasteiger charge is -2.19. The smallest absolute Gasteiger partial charge is 0.253 e. The number of halogens is 2. The van der Waals surface area contributed by atoms with Gasteiger partial charge in [0.1, 0.15) is 5.82 Å². The van der Waals surface area contributed by atoms with Crippen molar-refractivity contribution >= 4 is 35.8 Å². The molecule has 0 aliphatic heterocycles. The van der Waals surface area contributed by atoms with Crippen molar-refractivity contribution in [2.24, 2.45) is 4.99 Å². The molecule has 3 rings (SSSR count). The highest BCUT2D eigenvalue weighted by Crippen LogP contribution is 2.47. The molecule has 5 nitrogen and oxygen atoms in total. The molecule has 1 aliphatic carbocycles. The molecule has 0 heterocycles. The minimum Gasteiger partial charge on any atom is -0.357 e. The predicted molar refractivity (Wildman–Crippen MR) is 130 cm³/mol. The van der Waals surface area contributed by atoms with Gasteiger partial charge in [0.2, 0.25) is 0 Å². The molecule has 2 aromatic rings. The summed E-state index contributed by atoms with van der Waals surface area (Å²) < 4.78 is 13.6. The highest BCUT2D eigenvalue weighted by atomic mass is 127. The average molecular weight is 524 g/mol. The van der Waals surface area contributed by atoms with Crippen molar-refractivity contribution in [2.45, 2.75) is 31.7 Å². The third-order valence-corrected chi connectivity index (χ3v) is 5.26. The Labute approximate surface area is 195 Å². The maximum absolute atomic E-state index is 13.6.